The van der Waals surface area contributed by atoms with Gasteiger partial charge in [0.25, 0.3) is 5.91 Å². The van der Waals surface area contributed by atoms with E-state index in [0.29, 0.717) is 0 Å². The number of halogens is 1. The van der Waals surface area contributed by atoms with Crippen molar-refractivity contribution in [3.05, 3.63) is 82.9 Å². The Morgan fingerprint density at radius 1 is 1.12 bits per heavy atom. The normalized spacial score (nSPS) is 11.7. The molecule has 1 amide bonds. The zero-order valence-corrected chi connectivity index (χ0v) is 19.1. The minimum Gasteiger partial charge on any atom is -0.318 e. The van der Waals surface area contributed by atoms with Crippen LogP contribution in [0.4, 0.5) is 10.1 Å². The number of carbonyl (C=O) groups excluding carboxylic acids is 1. The monoisotopic (exact) mass is 456 g/mol. The predicted octanol–water partition coefficient (Wildman–Crippen LogP) is 3.46. The van der Waals surface area contributed by atoms with Crippen LogP contribution in [0.3, 0.4) is 0 Å². The number of nitrogens with one attached hydrogen (secondary N) is 1. The lowest BCUT2D eigenvalue weighted by Crippen LogP contribution is -2.39. The maximum Gasteiger partial charge on any atom is 0.260 e. The van der Waals surface area contributed by atoms with E-state index in [0.717, 1.165) is 44.8 Å². The lowest BCUT2D eigenvalue weighted by molar-refractivity contribution is -0.119. The average molecular weight is 457 g/mol. The van der Waals surface area contributed by atoms with Crippen LogP contribution in [0.25, 0.3) is 5.69 Å². The number of benzene rings is 2. The fraction of sp³-hybridized carbons (Fsp3) is 0.217. The molecule has 9 heteroatoms. The number of hydrazone groups is 1. The molecule has 0 bridgehead atoms. The second kappa shape index (κ2) is 9.35. The molecule has 0 radical (unpaired) electrons. The number of hydrogen-bond acceptors (Lipinski definition) is 4. The summed E-state index contributed by atoms with van der Waals surface area (Å²) in [6, 6.07) is 15.1. The first kappa shape index (κ1) is 23.2. The molecule has 0 spiro atoms. The van der Waals surface area contributed by atoms with Crippen molar-refractivity contribution in [1.29, 1.82) is 0 Å². The molecular formula is C23H25FN4O3S. The summed E-state index contributed by atoms with van der Waals surface area (Å²) in [5.74, 6) is -1.25. The number of anilines is 1. The average Bonchev–Trinajstić information content (AvgIpc) is 2.98. The van der Waals surface area contributed by atoms with Crippen molar-refractivity contribution in [1.82, 2.24) is 9.99 Å². The highest BCUT2D eigenvalue weighted by Crippen LogP contribution is 2.21. The van der Waals surface area contributed by atoms with Crippen LogP contribution in [0.2, 0.25) is 0 Å². The Morgan fingerprint density at radius 3 is 2.50 bits per heavy atom. The Hall–Kier alpha value is -3.46. The molecule has 0 fully saturated rings. The van der Waals surface area contributed by atoms with Crippen LogP contribution in [0.15, 0.2) is 59.7 Å². The summed E-state index contributed by atoms with van der Waals surface area (Å²) in [6.07, 6.45) is 2.47. The summed E-state index contributed by atoms with van der Waals surface area (Å²) in [6.45, 7) is 5.43. The molecule has 7 nitrogen and oxygen atoms in total. The number of nitrogens with zero attached hydrogens (tertiary/aromatic N) is 3. The highest BCUT2D eigenvalue weighted by molar-refractivity contribution is 7.92. The van der Waals surface area contributed by atoms with Crippen molar-refractivity contribution in [3.8, 4) is 5.69 Å². The number of rotatable bonds is 7. The lowest BCUT2D eigenvalue weighted by Gasteiger charge is -2.21. The van der Waals surface area contributed by atoms with E-state index in [1.54, 1.807) is 0 Å². The summed E-state index contributed by atoms with van der Waals surface area (Å²) in [5.41, 5.74) is 7.35. The van der Waals surface area contributed by atoms with E-state index in [2.05, 4.69) is 21.2 Å². The minimum absolute atomic E-state index is 0.0633. The zero-order chi connectivity index (χ0) is 23.5. The Kier molecular flexibility index (Phi) is 6.78. The SMILES string of the molecule is Cc1cccc(-n2c(C)cc(/C=N\NC(=O)CN(c3cccc(F)c3)S(C)(=O)=O)c2C)c1. The van der Waals surface area contributed by atoms with Gasteiger partial charge in [0.2, 0.25) is 10.0 Å². The van der Waals surface area contributed by atoms with Gasteiger partial charge in [-0.25, -0.2) is 18.2 Å². The first-order valence-corrected chi connectivity index (χ1v) is 11.7. The van der Waals surface area contributed by atoms with Crippen LogP contribution < -0.4 is 9.73 Å². The molecule has 2 aromatic carbocycles. The Labute approximate surface area is 187 Å². The van der Waals surface area contributed by atoms with Gasteiger partial charge in [0.1, 0.15) is 12.4 Å². The molecule has 1 heterocycles. The van der Waals surface area contributed by atoms with Crippen molar-refractivity contribution in [2.24, 2.45) is 5.10 Å². The topological polar surface area (TPSA) is 83.8 Å². The van der Waals surface area contributed by atoms with Crippen LogP contribution in [-0.4, -0.2) is 37.9 Å². The van der Waals surface area contributed by atoms with Gasteiger partial charge in [-0.05, 0) is 62.7 Å². The molecule has 32 heavy (non-hydrogen) atoms. The van der Waals surface area contributed by atoms with Crippen molar-refractivity contribution in [3.63, 3.8) is 0 Å². The molecule has 1 aromatic heterocycles. The fourth-order valence-corrected chi connectivity index (χ4v) is 4.30. The third-order valence-corrected chi connectivity index (χ3v) is 6.05. The van der Waals surface area contributed by atoms with Gasteiger partial charge >= 0.3 is 0 Å². The largest absolute Gasteiger partial charge is 0.318 e. The van der Waals surface area contributed by atoms with Gasteiger partial charge in [-0.2, -0.15) is 5.10 Å². The molecule has 168 valence electrons. The number of sulfonamides is 1. The van der Waals surface area contributed by atoms with Gasteiger partial charge in [0, 0.05) is 22.6 Å². The van der Waals surface area contributed by atoms with Gasteiger partial charge in [-0.1, -0.05) is 18.2 Å². The smallest absolute Gasteiger partial charge is 0.260 e. The first-order chi connectivity index (χ1) is 15.1. The number of hydrogen-bond donors (Lipinski definition) is 1. The summed E-state index contributed by atoms with van der Waals surface area (Å²) in [5, 5.41) is 3.98. The summed E-state index contributed by atoms with van der Waals surface area (Å²) < 4.78 is 40.6. The highest BCUT2D eigenvalue weighted by atomic mass is 32.2. The van der Waals surface area contributed by atoms with Crippen molar-refractivity contribution < 1.29 is 17.6 Å². The molecule has 0 saturated heterocycles. The van der Waals surface area contributed by atoms with Crippen LogP contribution in [0, 0.1) is 26.6 Å². The standard InChI is InChI=1S/C23H25FN4O3S/c1-16-7-5-10-22(11-16)28-17(2)12-19(18(28)3)14-25-26-23(29)15-27(32(4,30)31)21-9-6-8-20(24)13-21/h5-14H,15H2,1-4H3,(H,26,29)/b25-14-. The molecule has 0 atom stereocenters. The Morgan fingerprint density at radius 2 is 1.84 bits per heavy atom. The maximum atomic E-state index is 13.5. The number of carbonyl (C=O) groups is 1. The molecule has 1 N–H and O–H groups in total. The van der Waals surface area contributed by atoms with Crippen molar-refractivity contribution >= 4 is 27.8 Å². The highest BCUT2D eigenvalue weighted by Gasteiger charge is 2.21. The molecule has 0 aliphatic carbocycles. The summed E-state index contributed by atoms with van der Waals surface area (Å²) in [7, 11) is -3.80. The predicted molar refractivity (Wildman–Crippen MR) is 124 cm³/mol. The van der Waals surface area contributed by atoms with Gasteiger partial charge < -0.3 is 4.57 Å². The second-order valence-electron chi connectivity index (χ2n) is 7.54. The van der Waals surface area contributed by atoms with E-state index in [1.165, 1.54) is 24.4 Å². The second-order valence-corrected chi connectivity index (χ2v) is 9.45. The summed E-state index contributed by atoms with van der Waals surface area (Å²) >= 11 is 0. The third kappa shape index (κ3) is 5.42. The number of amides is 1. The van der Waals surface area contributed by atoms with Crippen LogP contribution in [0.5, 0.6) is 0 Å². The van der Waals surface area contributed by atoms with Crippen LogP contribution in [0.1, 0.15) is 22.5 Å². The Bertz CT molecular complexity index is 1280. The zero-order valence-electron chi connectivity index (χ0n) is 18.3. The lowest BCUT2D eigenvalue weighted by atomic mass is 10.2. The van der Waals surface area contributed by atoms with E-state index in [4.69, 9.17) is 0 Å². The van der Waals surface area contributed by atoms with Crippen molar-refractivity contribution in [2.45, 2.75) is 20.8 Å². The molecular weight excluding hydrogens is 431 g/mol. The molecule has 0 aliphatic rings. The molecule has 3 rings (SSSR count). The van der Waals surface area contributed by atoms with Gasteiger partial charge in [0.15, 0.2) is 0 Å². The fourth-order valence-electron chi connectivity index (χ4n) is 3.45. The first-order valence-electron chi connectivity index (χ1n) is 9.87. The molecule has 0 aliphatic heterocycles. The van der Waals surface area contributed by atoms with E-state index >= 15 is 0 Å². The number of aromatic nitrogens is 1. The van der Waals surface area contributed by atoms with E-state index < -0.39 is 28.3 Å². The Balaban J connectivity index is 1.74. The molecule has 0 unspecified atom stereocenters. The van der Waals surface area contributed by atoms with Crippen molar-refractivity contribution in [2.75, 3.05) is 17.1 Å². The van der Waals surface area contributed by atoms with Crippen LogP contribution in [-0.2, 0) is 14.8 Å². The minimum atomic E-state index is -3.80. The van der Waals surface area contributed by atoms with E-state index in [1.807, 2.05) is 45.0 Å². The van der Waals surface area contributed by atoms with Gasteiger partial charge in [-0.3, -0.25) is 9.10 Å². The third-order valence-electron chi connectivity index (χ3n) is 4.91. The quantitative estimate of drug-likeness (QED) is 0.437. The van der Waals surface area contributed by atoms with Gasteiger partial charge in [0.05, 0.1) is 18.2 Å². The summed E-state index contributed by atoms with van der Waals surface area (Å²) in [4.78, 5) is 12.3. The number of aryl methyl sites for hydroxylation is 2. The molecule has 0 saturated carbocycles. The van der Waals surface area contributed by atoms with E-state index in [9.17, 15) is 17.6 Å². The maximum absolute atomic E-state index is 13.5. The van der Waals surface area contributed by atoms with Gasteiger partial charge in [-0.15, -0.1) is 0 Å². The molecule has 3 aromatic rings. The van der Waals surface area contributed by atoms with Crippen LogP contribution >= 0.6 is 0 Å². The van der Waals surface area contributed by atoms with E-state index in [-0.39, 0.29) is 5.69 Å².